The molecule has 1 aliphatic carbocycles. The van der Waals surface area contributed by atoms with Crippen LogP contribution in [0, 0.1) is 5.92 Å². The van der Waals surface area contributed by atoms with Crippen LogP contribution in [-0.4, -0.2) is 20.5 Å². The predicted octanol–water partition coefficient (Wildman–Crippen LogP) is 1.97. The van der Waals surface area contributed by atoms with Crippen molar-refractivity contribution in [2.75, 3.05) is 0 Å². The molecule has 1 aromatic rings. The number of hydrogen-bond acceptors (Lipinski definition) is 3. The van der Waals surface area contributed by atoms with Crippen LogP contribution in [0.2, 0.25) is 0 Å². The SMILES string of the molecule is CC(C)(C)NCc1cn(CCC2CC2)nn1. The Morgan fingerprint density at radius 1 is 1.44 bits per heavy atom. The first-order valence-corrected chi connectivity index (χ1v) is 6.17. The van der Waals surface area contributed by atoms with Crippen molar-refractivity contribution in [1.29, 1.82) is 0 Å². The summed E-state index contributed by atoms with van der Waals surface area (Å²) in [6.07, 6.45) is 6.14. The number of hydrogen-bond donors (Lipinski definition) is 1. The molecule has 1 aliphatic rings. The van der Waals surface area contributed by atoms with E-state index in [1.54, 1.807) is 0 Å². The Balaban J connectivity index is 1.77. The van der Waals surface area contributed by atoms with Gasteiger partial charge in [0.25, 0.3) is 0 Å². The van der Waals surface area contributed by atoms with Crippen molar-refractivity contribution in [3.63, 3.8) is 0 Å². The molecule has 0 atom stereocenters. The molecule has 0 aromatic carbocycles. The fourth-order valence-electron chi connectivity index (χ4n) is 1.61. The maximum Gasteiger partial charge on any atom is 0.0965 e. The van der Waals surface area contributed by atoms with Crippen molar-refractivity contribution < 1.29 is 0 Å². The number of nitrogens with one attached hydrogen (secondary N) is 1. The molecule has 2 rings (SSSR count). The Kier molecular flexibility index (Phi) is 3.28. The van der Waals surface area contributed by atoms with Gasteiger partial charge in [-0.15, -0.1) is 5.10 Å². The summed E-state index contributed by atoms with van der Waals surface area (Å²) >= 11 is 0. The Morgan fingerprint density at radius 3 is 2.81 bits per heavy atom. The highest BCUT2D eigenvalue weighted by Gasteiger charge is 2.20. The predicted molar refractivity (Wildman–Crippen MR) is 64.0 cm³/mol. The van der Waals surface area contributed by atoms with E-state index in [-0.39, 0.29) is 5.54 Å². The molecular formula is C12H22N4. The second-order valence-electron chi connectivity index (χ2n) is 5.81. The molecule has 0 amide bonds. The van der Waals surface area contributed by atoms with Gasteiger partial charge in [0.15, 0.2) is 0 Å². The minimum absolute atomic E-state index is 0.137. The van der Waals surface area contributed by atoms with Crippen molar-refractivity contribution in [1.82, 2.24) is 20.3 Å². The van der Waals surface area contributed by atoms with Crippen LogP contribution in [0.15, 0.2) is 6.20 Å². The summed E-state index contributed by atoms with van der Waals surface area (Å²) < 4.78 is 1.97. The van der Waals surface area contributed by atoms with E-state index in [2.05, 4.69) is 42.6 Å². The zero-order valence-corrected chi connectivity index (χ0v) is 10.5. The van der Waals surface area contributed by atoms with Gasteiger partial charge in [-0.25, -0.2) is 0 Å². The van der Waals surface area contributed by atoms with E-state index in [1.165, 1.54) is 19.3 Å². The highest BCUT2D eigenvalue weighted by atomic mass is 15.4. The molecule has 0 spiro atoms. The van der Waals surface area contributed by atoms with Gasteiger partial charge in [-0.2, -0.15) is 0 Å². The van der Waals surface area contributed by atoms with Crippen molar-refractivity contribution in [3.8, 4) is 0 Å². The summed E-state index contributed by atoms with van der Waals surface area (Å²) in [6.45, 7) is 8.29. The van der Waals surface area contributed by atoms with E-state index in [0.717, 1.165) is 24.7 Å². The molecule has 1 heterocycles. The number of rotatable bonds is 5. The molecule has 0 unspecified atom stereocenters. The first-order valence-electron chi connectivity index (χ1n) is 6.17. The van der Waals surface area contributed by atoms with E-state index < -0.39 is 0 Å². The normalized spacial score (nSPS) is 16.7. The molecular weight excluding hydrogens is 200 g/mol. The number of aryl methyl sites for hydroxylation is 1. The Labute approximate surface area is 97.4 Å². The summed E-state index contributed by atoms with van der Waals surface area (Å²) in [5, 5.41) is 11.7. The molecule has 0 aliphatic heterocycles. The first kappa shape index (κ1) is 11.6. The van der Waals surface area contributed by atoms with Gasteiger partial charge in [-0.05, 0) is 33.1 Å². The lowest BCUT2D eigenvalue weighted by atomic mass is 10.1. The Morgan fingerprint density at radius 2 is 2.19 bits per heavy atom. The molecule has 1 N–H and O–H groups in total. The van der Waals surface area contributed by atoms with E-state index in [9.17, 15) is 0 Å². The Bertz CT molecular complexity index is 333. The van der Waals surface area contributed by atoms with E-state index in [4.69, 9.17) is 0 Å². The third kappa shape index (κ3) is 3.93. The smallest absolute Gasteiger partial charge is 0.0965 e. The lowest BCUT2D eigenvalue weighted by Gasteiger charge is -2.19. The van der Waals surface area contributed by atoms with E-state index >= 15 is 0 Å². The van der Waals surface area contributed by atoms with Gasteiger partial charge in [0, 0.05) is 24.8 Å². The molecule has 1 aromatic heterocycles. The van der Waals surface area contributed by atoms with Gasteiger partial charge in [0.1, 0.15) is 0 Å². The van der Waals surface area contributed by atoms with Crippen molar-refractivity contribution >= 4 is 0 Å². The van der Waals surface area contributed by atoms with Crippen LogP contribution >= 0.6 is 0 Å². The van der Waals surface area contributed by atoms with E-state index in [0.29, 0.717) is 0 Å². The summed E-state index contributed by atoms with van der Waals surface area (Å²) in [4.78, 5) is 0. The summed E-state index contributed by atoms with van der Waals surface area (Å²) in [6, 6.07) is 0. The largest absolute Gasteiger partial charge is 0.306 e. The van der Waals surface area contributed by atoms with Gasteiger partial charge in [0.05, 0.1) is 5.69 Å². The van der Waals surface area contributed by atoms with Crippen LogP contribution in [0.3, 0.4) is 0 Å². The third-order valence-electron chi connectivity index (χ3n) is 2.85. The van der Waals surface area contributed by atoms with Gasteiger partial charge in [-0.1, -0.05) is 18.1 Å². The zero-order valence-electron chi connectivity index (χ0n) is 10.5. The standard InChI is InChI=1S/C12H22N4/c1-12(2,3)13-8-11-9-16(15-14-11)7-6-10-4-5-10/h9-10,13H,4-8H2,1-3H3. The molecule has 16 heavy (non-hydrogen) atoms. The summed E-state index contributed by atoms with van der Waals surface area (Å²) in [5.74, 6) is 0.959. The summed E-state index contributed by atoms with van der Waals surface area (Å²) in [7, 11) is 0. The Hall–Kier alpha value is -0.900. The average Bonchev–Trinajstić information content (AvgIpc) is 2.91. The van der Waals surface area contributed by atoms with Crippen LogP contribution in [0.4, 0.5) is 0 Å². The quantitative estimate of drug-likeness (QED) is 0.828. The monoisotopic (exact) mass is 222 g/mol. The molecule has 1 saturated carbocycles. The van der Waals surface area contributed by atoms with Crippen LogP contribution < -0.4 is 5.32 Å². The fourth-order valence-corrected chi connectivity index (χ4v) is 1.61. The molecule has 0 bridgehead atoms. The minimum Gasteiger partial charge on any atom is -0.306 e. The number of aromatic nitrogens is 3. The topological polar surface area (TPSA) is 42.7 Å². The van der Waals surface area contributed by atoms with Gasteiger partial charge < -0.3 is 5.32 Å². The third-order valence-corrected chi connectivity index (χ3v) is 2.85. The molecule has 4 nitrogen and oxygen atoms in total. The number of nitrogens with zero attached hydrogens (tertiary/aromatic N) is 3. The lowest BCUT2D eigenvalue weighted by Crippen LogP contribution is -2.35. The van der Waals surface area contributed by atoms with Crippen molar-refractivity contribution in [2.45, 2.75) is 58.7 Å². The van der Waals surface area contributed by atoms with Crippen LogP contribution in [0.5, 0.6) is 0 Å². The molecule has 4 heteroatoms. The first-order chi connectivity index (χ1) is 7.53. The van der Waals surface area contributed by atoms with Gasteiger partial charge in [-0.3, -0.25) is 4.68 Å². The molecule has 0 saturated heterocycles. The molecule has 0 radical (unpaired) electrons. The van der Waals surface area contributed by atoms with Crippen molar-refractivity contribution in [2.24, 2.45) is 5.92 Å². The molecule has 1 fully saturated rings. The molecule has 90 valence electrons. The second-order valence-corrected chi connectivity index (χ2v) is 5.81. The maximum absolute atomic E-state index is 4.17. The highest BCUT2D eigenvalue weighted by Crippen LogP contribution is 2.32. The highest BCUT2D eigenvalue weighted by molar-refractivity contribution is 4.93. The maximum atomic E-state index is 4.17. The fraction of sp³-hybridized carbons (Fsp3) is 0.833. The zero-order chi connectivity index (χ0) is 11.6. The van der Waals surface area contributed by atoms with Crippen LogP contribution in [0.1, 0.15) is 45.7 Å². The van der Waals surface area contributed by atoms with Crippen molar-refractivity contribution in [3.05, 3.63) is 11.9 Å². The van der Waals surface area contributed by atoms with Crippen LogP contribution in [-0.2, 0) is 13.1 Å². The average molecular weight is 222 g/mol. The van der Waals surface area contributed by atoms with Crippen LogP contribution in [0.25, 0.3) is 0 Å². The summed E-state index contributed by atoms with van der Waals surface area (Å²) in [5.41, 5.74) is 1.17. The van der Waals surface area contributed by atoms with Gasteiger partial charge in [0.2, 0.25) is 0 Å². The van der Waals surface area contributed by atoms with E-state index in [1.807, 2.05) is 4.68 Å². The second kappa shape index (κ2) is 4.53. The minimum atomic E-state index is 0.137. The van der Waals surface area contributed by atoms with Gasteiger partial charge >= 0.3 is 0 Å². The lowest BCUT2D eigenvalue weighted by molar-refractivity contribution is 0.421.